The Morgan fingerprint density at radius 2 is 2.35 bits per heavy atom. The van der Waals surface area contributed by atoms with Crippen LogP contribution in [0.4, 0.5) is 0 Å². The summed E-state index contributed by atoms with van der Waals surface area (Å²) in [5, 5.41) is 11.1. The van der Waals surface area contributed by atoms with Gasteiger partial charge in [-0.1, -0.05) is 5.92 Å². The summed E-state index contributed by atoms with van der Waals surface area (Å²) in [6.45, 7) is 1.01. The first-order valence-corrected chi connectivity index (χ1v) is 7.37. The molecule has 0 aliphatic heterocycles. The molecular formula is C16H17N5O2. The normalized spacial score (nSPS) is 13.4. The van der Waals surface area contributed by atoms with Crippen molar-refractivity contribution in [3.05, 3.63) is 30.1 Å². The zero-order chi connectivity index (χ0) is 16.2. The molecule has 0 bridgehead atoms. The fourth-order valence-corrected chi connectivity index (χ4v) is 2.40. The Morgan fingerprint density at radius 1 is 1.52 bits per heavy atom. The Bertz CT molecular complexity index is 731. The predicted octanol–water partition coefficient (Wildman–Crippen LogP) is 1.16. The number of ether oxygens (including phenoxy) is 1. The van der Waals surface area contributed by atoms with Gasteiger partial charge in [-0.2, -0.15) is 4.68 Å². The van der Waals surface area contributed by atoms with E-state index in [2.05, 4.69) is 21.4 Å². The molecule has 1 aliphatic carbocycles. The van der Waals surface area contributed by atoms with Crippen LogP contribution in [0.3, 0.4) is 0 Å². The molecule has 2 aromatic rings. The van der Waals surface area contributed by atoms with E-state index in [-0.39, 0.29) is 5.91 Å². The smallest absolute Gasteiger partial charge is 0.254 e. The van der Waals surface area contributed by atoms with Crippen molar-refractivity contribution in [3.63, 3.8) is 0 Å². The lowest BCUT2D eigenvalue weighted by molar-refractivity contribution is 0.0769. The number of hydrogen-bond acceptors (Lipinski definition) is 5. The SMILES string of the molecule is C#CCN(CC1CC1)C(=O)c1ccc(OC)c(-n2cnnn2)c1. The monoisotopic (exact) mass is 311 g/mol. The number of benzene rings is 1. The van der Waals surface area contributed by atoms with Crippen LogP contribution in [0.1, 0.15) is 23.2 Å². The molecule has 23 heavy (non-hydrogen) atoms. The molecule has 1 aromatic heterocycles. The van der Waals surface area contributed by atoms with Crippen molar-refractivity contribution in [2.45, 2.75) is 12.8 Å². The van der Waals surface area contributed by atoms with Gasteiger partial charge in [0.25, 0.3) is 5.91 Å². The van der Waals surface area contributed by atoms with E-state index in [1.54, 1.807) is 30.2 Å². The van der Waals surface area contributed by atoms with Crippen LogP contribution in [-0.4, -0.2) is 51.2 Å². The third-order valence-electron chi connectivity index (χ3n) is 3.77. The maximum absolute atomic E-state index is 12.7. The molecule has 7 nitrogen and oxygen atoms in total. The summed E-state index contributed by atoms with van der Waals surface area (Å²) in [5.74, 6) is 3.62. The highest BCUT2D eigenvalue weighted by molar-refractivity contribution is 5.95. The quantitative estimate of drug-likeness (QED) is 0.748. The van der Waals surface area contributed by atoms with Crippen molar-refractivity contribution in [1.29, 1.82) is 0 Å². The molecule has 0 N–H and O–H groups in total. The minimum Gasteiger partial charge on any atom is -0.494 e. The standard InChI is InChI=1S/C16H17N5O2/c1-3-8-20(10-12-4-5-12)16(22)13-6-7-15(23-2)14(9-13)21-11-17-18-19-21/h1,6-7,9,11-12H,4-5,8,10H2,2H3. The summed E-state index contributed by atoms with van der Waals surface area (Å²) in [6, 6.07) is 5.18. The van der Waals surface area contributed by atoms with Crippen molar-refractivity contribution >= 4 is 5.91 Å². The molecule has 0 saturated heterocycles. The largest absolute Gasteiger partial charge is 0.494 e. The zero-order valence-corrected chi connectivity index (χ0v) is 12.8. The summed E-state index contributed by atoms with van der Waals surface area (Å²) < 4.78 is 6.77. The van der Waals surface area contributed by atoms with E-state index in [0.717, 1.165) is 12.8 Å². The minimum absolute atomic E-state index is 0.0909. The zero-order valence-electron chi connectivity index (χ0n) is 12.8. The van der Waals surface area contributed by atoms with Gasteiger partial charge in [0, 0.05) is 12.1 Å². The third-order valence-corrected chi connectivity index (χ3v) is 3.77. The van der Waals surface area contributed by atoms with E-state index in [9.17, 15) is 4.79 Å². The molecule has 118 valence electrons. The van der Waals surface area contributed by atoms with Gasteiger partial charge in [0.15, 0.2) is 0 Å². The minimum atomic E-state index is -0.0909. The van der Waals surface area contributed by atoms with Gasteiger partial charge in [-0.25, -0.2) is 0 Å². The van der Waals surface area contributed by atoms with Crippen LogP contribution in [0.15, 0.2) is 24.5 Å². The maximum Gasteiger partial charge on any atom is 0.254 e. The second kappa shape index (κ2) is 6.48. The summed E-state index contributed by atoms with van der Waals surface area (Å²) in [4.78, 5) is 14.5. The number of tetrazole rings is 1. The van der Waals surface area contributed by atoms with Crippen LogP contribution >= 0.6 is 0 Å². The highest BCUT2D eigenvalue weighted by Crippen LogP contribution is 2.30. The number of terminal acetylenes is 1. The van der Waals surface area contributed by atoms with Crippen LogP contribution in [-0.2, 0) is 0 Å². The molecule has 1 amide bonds. The van der Waals surface area contributed by atoms with Gasteiger partial charge in [-0.3, -0.25) is 4.79 Å². The maximum atomic E-state index is 12.7. The number of aromatic nitrogens is 4. The van der Waals surface area contributed by atoms with Gasteiger partial charge in [0.1, 0.15) is 17.8 Å². The molecular weight excluding hydrogens is 294 g/mol. The molecule has 0 radical (unpaired) electrons. The molecule has 7 heteroatoms. The first-order chi connectivity index (χ1) is 11.2. The summed E-state index contributed by atoms with van der Waals surface area (Å²) >= 11 is 0. The highest BCUT2D eigenvalue weighted by atomic mass is 16.5. The van der Waals surface area contributed by atoms with E-state index in [1.165, 1.54) is 11.0 Å². The van der Waals surface area contributed by atoms with E-state index in [0.29, 0.717) is 36.0 Å². The number of methoxy groups -OCH3 is 1. The van der Waals surface area contributed by atoms with Gasteiger partial charge >= 0.3 is 0 Å². The number of carbonyl (C=O) groups is 1. The van der Waals surface area contributed by atoms with Crippen LogP contribution < -0.4 is 4.74 Å². The molecule has 1 saturated carbocycles. The highest BCUT2D eigenvalue weighted by Gasteiger charge is 2.27. The lowest BCUT2D eigenvalue weighted by atomic mass is 10.1. The second-order valence-corrected chi connectivity index (χ2v) is 5.47. The number of amides is 1. The van der Waals surface area contributed by atoms with Gasteiger partial charge in [0.2, 0.25) is 0 Å². The molecule has 0 spiro atoms. The van der Waals surface area contributed by atoms with Gasteiger partial charge in [-0.05, 0) is 47.4 Å². The van der Waals surface area contributed by atoms with E-state index >= 15 is 0 Å². The average molecular weight is 311 g/mol. The molecule has 1 aromatic carbocycles. The fraction of sp³-hybridized carbons (Fsp3) is 0.375. The molecule has 1 fully saturated rings. The number of carbonyl (C=O) groups excluding carboxylic acids is 1. The Kier molecular flexibility index (Phi) is 4.24. The van der Waals surface area contributed by atoms with E-state index in [4.69, 9.17) is 11.2 Å². The fourth-order valence-electron chi connectivity index (χ4n) is 2.40. The Hall–Kier alpha value is -2.88. The molecule has 1 aliphatic rings. The topological polar surface area (TPSA) is 73.1 Å². The lowest BCUT2D eigenvalue weighted by Gasteiger charge is -2.20. The Balaban J connectivity index is 1.90. The van der Waals surface area contributed by atoms with Crippen molar-refractivity contribution in [2.24, 2.45) is 5.92 Å². The number of nitrogens with zero attached hydrogens (tertiary/aromatic N) is 5. The van der Waals surface area contributed by atoms with Crippen LogP contribution in [0.5, 0.6) is 5.75 Å². The van der Waals surface area contributed by atoms with Crippen molar-refractivity contribution in [3.8, 4) is 23.8 Å². The number of hydrogen-bond donors (Lipinski definition) is 0. The van der Waals surface area contributed by atoms with Crippen molar-refractivity contribution in [1.82, 2.24) is 25.1 Å². The van der Waals surface area contributed by atoms with Crippen LogP contribution in [0.25, 0.3) is 5.69 Å². The van der Waals surface area contributed by atoms with Crippen LogP contribution in [0, 0.1) is 18.3 Å². The summed E-state index contributed by atoms with van der Waals surface area (Å²) in [6.07, 6.45) is 9.17. The Morgan fingerprint density at radius 3 is 2.96 bits per heavy atom. The van der Waals surface area contributed by atoms with E-state index < -0.39 is 0 Å². The Labute approximate surface area is 134 Å². The van der Waals surface area contributed by atoms with Gasteiger partial charge in [0.05, 0.1) is 13.7 Å². The molecule has 0 unspecified atom stereocenters. The molecule has 3 rings (SSSR count). The summed E-state index contributed by atoms with van der Waals surface area (Å²) in [5.41, 5.74) is 1.14. The van der Waals surface area contributed by atoms with Crippen molar-refractivity contribution < 1.29 is 9.53 Å². The average Bonchev–Trinajstić information content (AvgIpc) is 3.23. The molecule has 0 atom stereocenters. The van der Waals surface area contributed by atoms with Gasteiger partial charge < -0.3 is 9.64 Å². The van der Waals surface area contributed by atoms with Gasteiger partial charge in [-0.15, -0.1) is 11.5 Å². The number of rotatable bonds is 6. The summed E-state index contributed by atoms with van der Waals surface area (Å²) in [7, 11) is 1.56. The first kappa shape index (κ1) is 15.0. The third kappa shape index (κ3) is 3.31. The first-order valence-electron chi connectivity index (χ1n) is 7.37. The predicted molar refractivity (Wildman–Crippen MR) is 83.2 cm³/mol. The van der Waals surface area contributed by atoms with E-state index in [1.807, 2.05) is 0 Å². The molecule has 1 heterocycles. The van der Waals surface area contributed by atoms with Crippen LogP contribution in [0.2, 0.25) is 0 Å². The van der Waals surface area contributed by atoms with Crippen molar-refractivity contribution in [2.75, 3.05) is 20.2 Å². The lowest BCUT2D eigenvalue weighted by Crippen LogP contribution is -2.33. The second-order valence-electron chi connectivity index (χ2n) is 5.47.